The van der Waals surface area contributed by atoms with Gasteiger partial charge in [-0.05, 0) is 33.5 Å². The Hall–Kier alpha value is -0.570. The van der Waals surface area contributed by atoms with Crippen LogP contribution < -0.4 is 0 Å². The fraction of sp³-hybridized carbons (Fsp3) is 0.917. The molecule has 0 N–H and O–H groups in total. The van der Waals surface area contributed by atoms with E-state index in [2.05, 4.69) is 25.7 Å². The molecule has 0 spiro atoms. The summed E-state index contributed by atoms with van der Waals surface area (Å²) in [5.74, 6) is -0.125. The quantitative estimate of drug-likeness (QED) is 0.663. The van der Waals surface area contributed by atoms with Crippen LogP contribution in [0.25, 0.3) is 0 Å². The van der Waals surface area contributed by atoms with E-state index in [0.29, 0.717) is 6.42 Å². The van der Waals surface area contributed by atoms with Gasteiger partial charge in [0.25, 0.3) is 0 Å². The van der Waals surface area contributed by atoms with Crippen LogP contribution in [0.5, 0.6) is 0 Å². The number of nitrogens with zero attached hydrogens (tertiary/aromatic N) is 1. The zero-order valence-electron chi connectivity index (χ0n) is 11.2. The molecule has 15 heavy (non-hydrogen) atoms. The van der Waals surface area contributed by atoms with E-state index in [1.807, 2.05) is 13.8 Å². The van der Waals surface area contributed by atoms with Gasteiger partial charge in [0, 0.05) is 6.42 Å². The van der Waals surface area contributed by atoms with Crippen LogP contribution in [0.4, 0.5) is 0 Å². The first-order chi connectivity index (χ1) is 7.01. The molecule has 0 aliphatic carbocycles. The molecular weight excluding hydrogens is 190 g/mol. The van der Waals surface area contributed by atoms with E-state index in [0.717, 1.165) is 0 Å². The fourth-order valence-corrected chi connectivity index (χ4v) is 1.02. The highest BCUT2D eigenvalue weighted by Crippen LogP contribution is 1.90. The standard InChI is InChI=1S/C6H15N.C6H12O2/c1-4-7(5-2)6-3;1-4-6(7)8-5(2)3/h4-6H2,1-3H3;5H,4H2,1-3H3. The van der Waals surface area contributed by atoms with Crippen molar-refractivity contribution in [2.75, 3.05) is 19.6 Å². The third-order valence-electron chi connectivity index (χ3n) is 2.00. The summed E-state index contributed by atoms with van der Waals surface area (Å²) < 4.78 is 4.76. The third-order valence-corrected chi connectivity index (χ3v) is 2.00. The molecule has 0 saturated carbocycles. The molecular formula is C12H27NO2. The highest BCUT2D eigenvalue weighted by molar-refractivity contribution is 5.68. The highest BCUT2D eigenvalue weighted by Gasteiger charge is 1.98. The van der Waals surface area contributed by atoms with Crippen molar-refractivity contribution >= 4 is 5.97 Å². The first-order valence-electron chi connectivity index (χ1n) is 5.93. The lowest BCUT2D eigenvalue weighted by atomic mass is 10.4. The van der Waals surface area contributed by atoms with Gasteiger partial charge in [-0.25, -0.2) is 0 Å². The van der Waals surface area contributed by atoms with Gasteiger partial charge in [-0.15, -0.1) is 0 Å². The average Bonchev–Trinajstić information content (AvgIpc) is 2.20. The molecule has 0 amide bonds. The molecule has 0 aromatic rings. The van der Waals surface area contributed by atoms with E-state index >= 15 is 0 Å². The van der Waals surface area contributed by atoms with Gasteiger partial charge >= 0.3 is 5.97 Å². The van der Waals surface area contributed by atoms with Crippen LogP contribution in [-0.2, 0) is 9.53 Å². The molecule has 0 fully saturated rings. The van der Waals surface area contributed by atoms with E-state index in [1.54, 1.807) is 6.92 Å². The van der Waals surface area contributed by atoms with Crippen molar-refractivity contribution in [3.05, 3.63) is 0 Å². The van der Waals surface area contributed by atoms with Crippen LogP contribution >= 0.6 is 0 Å². The molecule has 0 aromatic heterocycles. The molecule has 0 bridgehead atoms. The second-order valence-electron chi connectivity index (χ2n) is 3.51. The molecule has 0 saturated heterocycles. The summed E-state index contributed by atoms with van der Waals surface area (Å²) in [4.78, 5) is 12.8. The molecule has 0 unspecified atom stereocenters. The van der Waals surface area contributed by atoms with Crippen molar-refractivity contribution in [2.24, 2.45) is 0 Å². The Morgan fingerprint density at radius 3 is 1.53 bits per heavy atom. The topological polar surface area (TPSA) is 29.5 Å². The summed E-state index contributed by atoms with van der Waals surface area (Å²) >= 11 is 0. The van der Waals surface area contributed by atoms with Gasteiger partial charge in [-0.3, -0.25) is 4.79 Å². The second-order valence-corrected chi connectivity index (χ2v) is 3.51. The van der Waals surface area contributed by atoms with Gasteiger partial charge < -0.3 is 9.64 Å². The van der Waals surface area contributed by atoms with E-state index in [1.165, 1.54) is 19.6 Å². The number of ether oxygens (including phenoxy) is 1. The number of carbonyl (C=O) groups is 1. The summed E-state index contributed by atoms with van der Waals surface area (Å²) in [5, 5.41) is 0. The van der Waals surface area contributed by atoms with Gasteiger partial charge in [0.1, 0.15) is 0 Å². The van der Waals surface area contributed by atoms with E-state index in [9.17, 15) is 4.79 Å². The van der Waals surface area contributed by atoms with Crippen LogP contribution in [-0.4, -0.2) is 36.6 Å². The molecule has 0 aliphatic rings. The summed E-state index contributed by atoms with van der Waals surface area (Å²) in [6, 6.07) is 0. The number of esters is 1. The fourth-order valence-electron chi connectivity index (χ4n) is 1.02. The maximum absolute atomic E-state index is 10.4. The lowest BCUT2D eigenvalue weighted by Gasteiger charge is -2.13. The van der Waals surface area contributed by atoms with Crippen molar-refractivity contribution in [1.82, 2.24) is 4.90 Å². The molecule has 3 nitrogen and oxygen atoms in total. The van der Waals surface area contributed by atoms with Gasteiger partial charge in [0.05, 0.1) is 6.10 Å². The molecule has 92 valence electrons. The van der Waals surface area contributed by atoms with Gasteiger partial charge in [0.2, 0.25) is 0 Å². The van der Waals surface area contributed by atoms with Crippen LogP contribution in [0.2, 0.25) is 0 Å². The monoisotopic (exact) mass is 217 g/mol. The van der Waals surface area contributed by atoms with Crippen molar-refractivity contribution in [1.29, 1.82) is 0 Å². The summed E-state index contributed by atoms with van der Waals surface area (Å²) in [5.41, 5.74) is 0. The van der Waals surface area contributed by atoms with Crippen molar-refractivity contribution < 1.29 is 9.53 Å². The Labute approximate surface area is 94.8 Å². The van der Waals surface area contributed by atoms with E-state index < -0.39 is 0 Å². The zero-order valence-corrected chi connectivity index (χ0v) is 11.2. The molecule has 0 aromatic carbocycles. The van der Waals surface area contributed by atoms with Crippen LogP contribution in [0.1, 0.15) is 48.0 Å². The van der Waals surface area contributed by atoms with Crippen molar-refractivity contribution in [2.45, 2.75) is 54.1 Å². The van der Waals surface area contributed by atoms with Gasteiger partial charge in [-0.2, -0.15) is 0 Å². The molecule has 0 atom stereocenters. The average molecular weight is 217 g/mol. The smallest absolute Gasteiger partial charge is 0.305 e. The van der Waals surface area contributed by atoms with Crippen LogP contribution in [0.15, 0.2) is 0 Å². The molecule has 0 aliphatic heterocycles. The third kappa shape index (κ3) is 13.4. The Morgan fingerprint density at radius 2 is 1.47 bits per heavy atom. The summed E-state index contributed by atoms with van der Waals surface area (Å²) in [6.45, 7) is 15.6. The van der Waals surface area contributed by atoms with Gasteiger partial charge in [0.15, 0.2) is 0 Å². The Balaban J connectivity index is 0. The maximum atomic E-state index is 10.4. The Morgan fingerprint density at radius 1 is 1.07 bits per heavy atom. The maximum Gasteiger partial charge on any atom is 0.305 e. The molecule has 0 radical (unpaired) electrons. The second kappa shape index (κ2) is 11.5. The molecule has 3 heteroatoms. The van der Waals surface area contributed by atoms with Crippen molar-refractivity contribution in [3.63, 3.8) is 0 Å². The summed E-state index contributed by atoms with van der Waals surface area (Å²) in [7, 11) is 0. The highest BCUT2D eigenvalue weighted by atomic mass is 16.5. The normalized spacial score (nSPS) is 9.87. The van der Waals surface area contributed by atoms with Crippen molar-refractivity contribution in [3.8, 4) is 0 Å². The number of carbonyl (C=O) groups excluding carboxylic acids is 1. The Kier molecular flexibility index (Phi) is 12.9. The first kappa shape index (κ1) is 16.8. The number of hydrogen-bond acceptors (Lipinski definition) is 3. The van der Waals surface area contributed by atoms with E-state index in [4.69, 9.17) is 4.74 Å². The van der Waals surface area contributed by atoms with Crippen LogP contribution in [0, 0.1) is 0 Å². The van der Waals surface area contributed by atoms with Crippen LogP contribution in [0.3, 0.4) is 0 Å². The minimum Gasteiger partial charge on any atom is -0.463 e. The predicted octanol–water partition coefficient (Wildman–Crippen LogP) is 2.70. The SMILES string of the molecule is CCC(=O)OC(C)C.CCN(CC)CC. The van der Waals surface area contributed by atoms with Gasteiger partial charge in [-0.1, -0.05) is 27.7 Å². The van der Waals surface area contributed by atoms with E-state index in [-0.39, 0.29) is 12.1 Å². The number of rotatable bonds is 5. The summed E-state index contributed by atoms with van der Waals surface area (Å²) in [6.07, 6.45) is 0.500. The molecule has 0 rings (SSSR count). The largest absolute Gasteiger partial charge is 0.463 e. The predicted molar refractivity (Wildman–Crippen MR) is 65.0 cm³/mol. The lowest BCUT2D eigenvalue weighted by molar-refractivity contribution is -0.146. The minimum atomic E-state index is -0.125. The Bertz CT molecular complexity index is 137. The zero-order chi connectivity index (χ0) is 12.3. The minimum absolute atomic E-state index is 0.0300. The number of hydrogen-bond donors (Lipinski definition) is 0. The molecule has 0 heterocycles. The lowest BCUT2D eigenvalue weighted by Crippen LogP contribution is -2.21. The first-order valence-corrected chi connectivity index (χ1v) is 5.93.